The lowest BCUT2D eigenvalue weighted by Crippen LogP contribution is -1.96. The summed E-state index contributed by atoms with van der Waals surface area (Å²) >= 11 is 0. The number of ketones is 1. The number of methoxy groups -OCH3 is 1. The first kappa shape index (κ1) is 17.3. The molecule has 124 valence electrons. The van der Waals surface area contributed by atoms with E-state index in [4.69, 9.17) is 4.74 Å². The summed E-state index contributed by atoms with van der Waals surface area (Å²) in [5, 5.41) is 18.7. The van der Waals surface area contributed by atoms with Crippen LogP contribution in [-0.4, -0.2) is 23.1 Å². The monoisotopic (exact) mass is 324 g/mol. The minimum atomic E-state index is 0.0254. The van der Waals surface area contributed by atoms with E-state index in [-0.39, 0.29) is 17.3 Å². The lowest BCUT2D eigenvalue weighted by atomic mass is 10.1. The molecule has 4 heteroatoms. The molecule has 24 heavy (non-hydrogen) atoms. The fraction of sp³-hybridized carbons (Fsp3) is 0.150. The van der Waals surface area contributed by atoms with Gasteiger partial charge in [0.2, 0.25) is 0 Å². The van der Waals surface area contributed by atoms with Crippen molar-refractivity contribution in [2.45, 2.75) is 12.8 Å². The number of phenols is 2. The minimum Gasteiger partial charge on any atom is -0.508 e. The van der Waals surface area contributed by atoms with Gasteiger partial charge in [-0.2, -0.15) is 0 Å². The predicted octanol–water partition coefficient (Wildman–Crippen LogP) is 3.88. The first-order valence-electron chi connectivity index (χ1n) is 7.61. The minimum absolute atomic E-state index is 0.0254. The van der Waals surface area contributed by atoms with Crippen LogP contribution in [0, 0.1) is 0 Å². The van der Waals surface area contributed by atoms with Gasteiger partial charge in [-0.3, -0.25) is 4.79 Å². The first-order valence-corrected chi connectivity index (χ1v) is 7.61. The third kappa shape index (κ3) is 5.32. The van der Waals surface area contributed by atoms with Crippen molar-refractivity contribution in [3.8, 4) is 17.2 Å². The van der Waals surface area contributed by atoms with E-state index in [0.717, 1.165) is 11.1 Å². The third-order valence-electron chi connectivity index (χ3n) is 3.48. The molecule has 2 rings (SSSR count). The van der Waals surface area contributed by atoms with E-state index in [0.29, 0.717) is 18.6 Å². The Morgan fingerprint density at radius 2 is 1.83 bits per heavy atom. The molecule has 0 aromatic heterocycles. The second-order valence-electron chi connectivity index (χ2n) is 5.28. The predicted molar refractivity (Wildman–Crippen MR) is 94.3 cm³/mol. The summed E-state index contributed by atoms with van der Waals surface area (Å²) < 4.78 is 5.05. The second-order valence-corrected chi connectivity index (χ2v) is 5.28. The van der Waals surface area contributed by atoms with E-state index < -0.39 is 0 Å². The van der Waals surface area contributed by atoms with Gasteiger partial charge in [-0.05, 0) is 47.9 Å². The molecule has 0 bridgehead atoms. The van der Waals surface area contributed by atoms with Crippen LogP contribution in [0.1, 0.15) is 17.5 Å². The highest BCUT2D eigenvalue weighted by atomic mass is 16.5. The SMILES string of the molecule is COc1cc(CCC(=O)/C=C/C=C/c2ccc(O)cc2)ccc1O. The average molecular weight is 324 g/mol. The lowest BCUT2D eigenvalue weighted by molar-refractivity contribution is -0.114. The highest BCUT2D eigenvalue weighted by molar-refractivity contribution is 5.90. The van der Waals surface area contributed by atoms with Gasteiger partial charge in [-0.15, -0.1) is 0 Å². The lowest BCUT2D eigenvalue weighted by Gasteiger charge is -2.05. The molecule has 2 N–H and O–H groups in total. The van der Waals surface area contributed by atoms with E-state index in [1.54, 1.807) is 54.6 Å². The Hall–Kier alpha value is -3.01. The number of benzene rings is 2. The molecule has 0 amide bonds. The first-order chi connectivity index (χ1) is 11.6. The number of ether oxygens (including phenoxy) is 1. The molecule has 0 unspecified atom stereocenters. The fourth-order valence-electron chi connectivity index (χ4n) is 2.14. The van der Waals surface area contributed by atoms with Gasteiger partial charge >= 0.3 is 0 Å². The summed E-state index contributed by atoms with van der Waals surface area (Å²) in [6, 6.07) is 11.9. The molecule has 0 saturated carbocycles. The normalized spacial score (nSPS) is 11.2. The van der Waals surface area contributed by atoms with Crippen molar-refractivity contribution in [1.82, 2.24) is 0 Å². The van der Waals surface area contributed by atoms with Gasteiger partial charge in [0.15, 0.2) is 17.3 Å². The summed E-state index contributed by atoms with van der Waals surface area (Å²) in [6.07, 6.45) is 7.85. The molecule has 0 spiro atoms. The molecular weight excluding hydrogens is 304 g/mol. The van der Waals surface area contributed by atoms with Gasteiger partial charge in [-0.1, -0.05) is 36.4 Å². The van der Waals surface area contributed by atoms with Crippen LogP contribution in [0.4, 0.5) is 0 Å². The zero-order valence-corrected chi connectivity index (χ0v) is 13.5. The van der Waals surface area contributed by atoms with Crippen LogP contribution in [0.3, 0.4) is 0 Å². The molecule has 2 aromatic rings. The topological polar surface area (TPSA) is 66.8 Å². The van der Waals surface area contributed by atoms with Gasteiger partial charge < -0.3 is 14.9 Å². The van der Waals surface area contributed by atoms with Crippen LogP contribution in [0.5, 0.6) is 17.2 Å². The maximum atomic E-state index is 11.9. The molecule has 0 aliphatic heterocycles. The molecule has 0 fully saturated rings. The maximum Gasteiger partial charge on any atom is 0.160 e. The molecule has 0 aliphatic rings. The van der Waals surface area contributed by atoms with Crippen LogP contribution in [-0.2, 0) is 11.2 Å². The number of phenolic OH excluding ortho intramolecular Hbond substituents is 2. The van der Waals surface area contributed by atoms with Crippen LogP contribution in [0.2, 0.25) is 0 Å². The second kappa shape index (κ2) is 8.58. The van der Waals surface area contributed by atoms with Gasteiger partial charge in [0.1, 0.15) is 5.75 Å². The maximum absolute atomic E-state index is 11.9. The molecule has 0 atom stereocenters. The van der Waals surface area contributed by atoms with Crippen molar-refractivity contribution < 1.29 is 19.7 Å². The van der Waals surface area contributed by atoms with E-state index in [1.807, 2.05) is 6.08 Å². The van der Waals surface area contributed by atoms with Crippen LogP contribution < -0.4 is 4.74 Å². The van der Waals surface area contributed by atoms with Crippen molar-refractivity contribution >= 4 is 11.9 Å². The number of aromatic hydroxyl groups is 2. The number of aryl methyl sites for hydroxylation is 1. The molecular formula is C20H20O4. The fourth-order valence-corrected chi connectivity index (χ4v) is 2.14. The van der Waals surface area contributed by atoms with E-state index in [2.05, 4.69) is 0 Å². The van der Waals surface area contributed by atoms with Crippen LogP contribution >= 0.6 is 0 Å². The Morgan fingerprint density at radius 1 is 1.08 bits per heavy atom. The van der Waals surface area contributed by atoms with E-state index >= 15 is 0 Å². The smallest absolute Gasteiger partial charge is 0.160 e. The van der Waals surface area contributed by atoms with Crippen molar-refractivity contribution in [2.75, 3.05) is 7.11 Å². The molecule has 0 radical (unpaired) electrons. The Kier molecular flexibility index (Phi) is 6.20. The Bertz CT molecular complexity index is 743. The number of allylic oxidation sites excluding steroid dienone is 3. The Morgan fingerprint density at radius 3 is 2.54 bits per heavy atom. The van der Waals surface area contributed by atoms with Gasteiger partial charge in [0.05, 0.1) is 7.11 Å². The molecule has 4 nitrogen and oxygen atoms in total. The Balaban J connectivity index is 1.83. The summed E-state index contributed by atoms with van der Waals surface area (Å²) in [5.74, 6) is 0.750. The van der Waals surface area contributed by atoms with Crippen molar-refractivity contribution in [3.63, 3.8) is 0 Å². The van der Waals surface area contributed by atoms with Crippen LogP contribution in [0.15, 0.2) is 60.7 Å². The Labute approximate surface area is 141 Å². The highest BCUT2D eigenvalue weighted by Crippen LogP contribution is 2.26. The molecule has 0 saturated heterocycles. The molecule has 2 aromatic carbocycles. The zero-order valence-electron chi connectivity index (χ0n) is 13.5. The number of hydrogen-bond donors (Lipinski definition) is 2. The largest absolute Gasteiger partial charge is 0.508 e. The van der Waals surface area contributed by atoms with Crippen LogP contribution in [0.25, 0.3) is 6.08 Å². The summed E-state index contributed by atoms with van der Waals surface area (Å²) in [7, 11) is 1.49. The zero-order chi connectivity index (χ0) is 17.4. The number of carbonyl (C=O) groups excluding carboxylic acids is 1. The number of rotatable bonds is 7. The summed E-state index contributed by atoms with van der Waals surface area (Å²) in [6.45, 7) is 0. The standard InChI is InChI=1S/C20H20O4/c1-24-20-14-16(9-13-19(20)23)8-12-17(21)5-3-2-4-15-6-10-18(22)11-7-15/h2-7,9-11,13-14,22-23H,8,12H2,1H3/b4-2+,5-3+. The molecule has 0 aliphatic carbocycles. The number of hydrogen-bond acceptors (Lipinski definition) is 4. The third-order valence-corrected chi connectivity index (χ3v) is 3.48. The highest BCUT2D eigenvalue weighted by Gasteiger charge is 2.04. The molecule has 0 heterocycles. The average Bonchev–Trinajstić information content (AvgIpc) is 2.59. The summed E-state index contributed by atoms with van der Waals surface area (Å²) in [5.41, 5.74) is 1.88. The quantitative estimate of drug-likeness (QED) is 0.599. The number of carbonyl (C=O) groups is 1. The van der Waals surface area contributed by atoms with Gasteiger partial charge in [0.25, 0.3) is 0 Å². The van der Waals surface area contributed by atoms with Gasteiger partial charge in [0, 0.05) is 6.42 Å². The summed E-state index contributed by atoms with van der Waals surface area (Å²) in [4.78, 5) is 11.9. The van der Waals surface area contributed by atoms with Crippen molar-refractivity contribution in [2.24, 2.45) is 0 Å². The van der Waals surface area contributed by atoms with Gasteiger partial charge in [-0.25, -0.2) is 0 Å². The van der Waals surface area contributed by atoms with Crippen molar-refractivity contribution in [3.05, 3.63) is 71.8 Å². The van der Waals surface area contributed by atoms with Crippen molar-refractivity contribution in [1.29, 1.82) is 0 Å². The van der Waals surface area contributed by atoms with E-state index in [1.165, 1.54) is 13.2 Å². The van der Waals surface area contributed by atoms with E-state index in [9.17, 15) is 15.0 Å².